The fourth-order valence-electron chi connectivity index (χ4n) is 2.28. The van der Waals surface area contributed by atoms with Crippen molar-refractivity contribution in [3.63, 3.8) is 0 Å². The fourth-order valence-corrected chi connectivity index (χ4v) is 3.11. The average Bonchev–Trinajstić information content (AvgIpc) is 2.20. The van der Waals surface area contributed by atoms with Gasteiger partial charge in [0.05, 0.1) is 13.5 Å². The molecule has 0 aromatic heterocycles. The van der Waals surface area contributed by atoms with Crippen molar-refractivity contribution in [2.45, 2.75) is 39.5 Å². The van der Waals surface area contributed by atoms with Crippen LogP contribution in [0.4, 0.5) is 0 Å². The van der Waals surface area contributed by atoms with E-state index < -0.39 is 11.4 Å². The second-order valence-corrected chi connectivity index (χ2v) is 5.98. The van der Waals surface area contributed by atoms with Gasteiger partial charge in [-0.1, -0.05) is 35.8 Å². The summed E-state index contributed by atoms with van der Waals surface area (Å²) in [6.45, 7) is 7.81. The number of aliphatic carboxylic acids is 1. The van der Waals surface area contributed by atoms with Gasteiger partial charge in [0.2, 0.25) is 0 Å². The summed E-state index contributed by atoms with van der Waals surface area (Å²) in [6.07, 6.45) is 0.0604. The van der Waals surface area contributed by atoms with Crippen LogP contribution in [-0.2, 0) is 10.2 Å². The van der Waals surface area contributed by atoms with Gasteiger partial charge in [-0.15, -0.1) is 0 Å². The molecular formula is C14H19BrO3. The summed E-state index contributed by atoms with van der Waals surface area (Å²) in [5.41, 5.74) is 2.53. The molecule has 0 radical (unpaired) electrons. The molecule has 0 amide bonds. The summed E-state index contributed by atoms with van der Waals surface area (Å²) in [5, 5.41) is 9.05. The first-order valence-corrected chi connectivity index (χ1v) is 6.56. The van der Waals surface area contributed by atoms with Gasteiger partial charge in [0, 0.05) is 15.5 Å². The Morgan fingerprint density at radius 2 is 1.94 bits per heavy atom. The van der Waals surface area contributed by atoms with Crippen LogP contribution in [0.1, 0.15) is 37.0 Å². The Kier molecular flexibility index (Phi) is 4.43. The SMILES string of the molecule is COc1c(C)cc(C)c(Br)c1C(C)(C)CC(=O)O. The number of ether oxygens (including phenoxy) is 1. The highest BCUT2D eigenvalue weighted by Crippen LogP contribution is 2.42. The molecule has 1 rings (SSSR count). The first-order valence-electron chi connectivity index (χ1n) is 5.76. The van der Waals surface area contributed by atoms with E-state index in [1.807, 2.05) is 33.8 Å². The average molecular weight is 315 g/mol. The van der Waals surface area contributed by atoms with Gasteiger partial charge in [-0.3, -0.25) is 4.79 Å². The summed E-state index contributed by atoms with van der Waals surface area (Å²) >= 11 is 3.56. The van der Waals surface area contributed by atoms with Crippen LogP contribution in [0.2, 0.25) is 0 Å². The van der Waals surface area contributed by atoms with Crippen LogP contribution in [0, 0.1) is 13.8 Å². The minimum absolute atomic E-state index is 0.0604. The summed E-state index contributed by atoms with van der Waals surface area (Å²) in [4.78, 5) is 11.0. The largest absolute Gasteiger partial charge is 0.496 e. The van der Waals surface area contributed by atoms with Crippen molar-refractivity contribution in [1.29, 1.82) is 0 Å². The van der Waals surface area contributed by atoms with Gasteiger partial charge in [0.15, 0.2) is 0 Å². The number of halogens is 1. The molecule has 0 saturated heterocycles. The molecule has 0 unspecified atom stereocenters. The van der Waals surface area contributed by atoms with E-state index in [0.717, 1.165) is 26.9 Å². The Morgan fingerprint density at radius 1 is 1.39 bits per heavy atom. The molecule has 0 bridgehead atoms. The fraction of sp³-hybridized carbons (Fsp3) is 0.500. The van der Waals surface area contributed by atoms with Crippen molar-refractivity contribution in [2.75, 3.05) is 7.11 Å². The number of rotatable bonds is 4. The van der Waals surface area contributed by atoms with Gasteiger partial charge in [-0.25, -0.2) is 0 Å². The second-order valence-electron chi connectivity index (χ2n) is 5.19. The van der Waals surface area contributed by atoms with E-state index >= 15 is 0 Å². The van der Waals surface area contributed by atoms with Crippen LogP contribution in [0.25, 0.3) is 0 Å². The lowest BCUT2D eigenvalue weighted by Gasteiger charge is -2.28. The second kappa shape index (κ2) is 5.31. The Hall–Kier alpha value is -1.03. The molecule has 3 nitrogen and oxygen atoms in total. The zero-order chi connectivity index (χ0) is 14.1. The van der Waals surface area contributed by atoms with Gasteiger partial charge in [-0.2, -0.15) is 0 Å². The van der Waals surface area contributed by atoms with Crippen molar-refractivity contribution in [1.82, 2.24) is 0 Å². The Labute approximate surface area is 116 Å². The number of carboxylic acid groups (broad SMARTS) is 1. The van der Waals surface area contributed by atoms with Crippen LogP contribution in [0.3, 0.4) is 0 Å². The normalized spacial score (nSPS) is 11.4. The van der Waals surface area contributed by atoms with E-state index in [9.17, 15) is 4.79 Å². The van der Waals surface area contributed by atoms with E-state index in [-0.39, 0.29) is 6.42 Å². The van der Waals surface area contributed by atoms with Gasteiger partial charge < -0.3 is 9.84 Å². The molecule has 1 N–H and O–H groups in total. The minimum Gasteiger partial charge on any atom is -0.496 e. The van der Waals surface area contributed by atoms with Gasteiger partial charge in [0.25, 0.3) is 0 Å². The molecule has 100 valence electrons. The van der Waals surface area contributed by atoms with E-state index in [4.69, 9.17) is 9.84 Å². The molecule has 0 fully saturated rings. The monoisotopic (exact) mass is 314 g/mol. The van der Waals surface area contributed by atoms with Crippen molar-refractivity contribution in [2.24, 2.45) is 0 Å². The predicted molar refractivity (Wildman–Crippen MR) is 75.4 cm³/mol. The van der Waals surface area contributed by atoms with Crippen LogP contribution < -0.4 is 4.74 Å². The Morgan fingerprint density at radius 3 is 2.39 bits per heavy atom. The maximum absolute atomic E-state index is 11.0. The highest BCUT2D eigenvalue weighted by molar-refractivity contribution is 9.10. The zero-order valence-electron chi connectivity index (χ0n) is 11.4. The summed E-state index contributed by atoms with van der Waals surface area (Å²) in [6, 6.07) is 2.03. The molecule has 0 aliphatic heterocycles. The summed E-state index contributed by atoms with van der Waals surface area (Å²) in [5.74, 6) is -0.0492. The maximum Gasteiger partial charge on any atom is 0.304 e. The number of hydrogen-bond acceptors (Lipinski definition) is 2. The molecule has 0 saturated carbocycles. The van der Waals surface area contributed by atoms with Crippen molar-refractivity contribution in [3.05, 3.63) is 27.2 Å². The standard InChI is InChI=1S/C14H19BrO3/c1-8-6-9(2)13(18-5)11(12(8)15)14(3,4)7-10(16)17/h6H,7H2,1-5H3,(H,16,17). The van der Waals surface area contributed by atoms with Crippen molar-refractivity contribution >= 4 is 21.9 Å². The first-order chi connectivity index (χ1) is 8.20. The smallest absolute Gasteiger partial charge is 0.304 e. The number of carboxylic acids is 1. The molecule has 18 heavy (non-hydrogen) atoms. The lowest BCUT2D eigenvalue weighted by molar-refractivity contribution is -0.138. The molecule has 1 aromatic carbocycles. The first kappa shape index (κ1) is 15.0. The van der Waals surface area contributed by atoms with Crippen LogP contribution in [0.5, 0.6) is 5.75 Å². The number of benzene rings is 1. The Balaban J connectivity index is 3.51. The number of methoxy groups -OCH3 is 1. The van der Waals surface area contributed by atoms with Crippen molar-refractivity contribution < 1.29 is 14.6 Å². The third-order valence-corrected chi connectivity index (χ3v) is 4.08. The van der Waals surface area contributed by atoms with E-state index in [0.29, 0.717) is 0 Å². The highest BCUT2D eigenvalue weighted by atomic mass is 79.9. The molecular weight excluding hydrogens is 296 g/mol. The molecule has 0 spiro atoms. The topological polar surface area (TPSA) is 46.5 Å². The predicted octanol–water partition coefficient (Wildman–Crippen LogP) is 3.83. The number of aryl methyl sites for hydroxylation is 2. The molecule has 1 aromatic rings. The molecule has 0 aliphatic rings. The molecule has 4 heteroatoms. The van der Waals surface area contributed by atoms with Crippen LogP contribution in [0.15, 0.2) is 10.5 Å². The minimum atomic E-state index is -0.812. The number of carbonyl (C=O) groups is 1. The lowest BCUT2D eigenvalue weighted by atomic mass is 9.79. The summed E-state index contributed by atoms with van der Waals surface area (Å²) < 4.78 is 6.38. The van der Waals surface area contributed by atoms with Crippen LogP contribution in [-0.4, -0.2) is 18.2 Å². The van der Waals surface area contributed by atoms with Crippen LogP contribution >= 0.6 is 15.9 Å². The van der Waals surface area contributed by atoms with Gasteiger partial charge >= 0.3 is 5.97 Å². The quantitative estimate of drug-likeness (QED) is 0.918. The molecule has 0 atom stereocenters. The Bertz CT molecular complexity index is 478. The number of hydrogen-bond donors (Lipinski definition) is 1. The zero-order valence-corrected chi connectivity index (χ0v) is 13.0. The van der Waals surface area contributed by atoms with E-state index in [1.165, 1.54) is 0 Å². The lowest BCUT2D eigenvalue weighted by Crippen LogP contribution is -2.23. The third kappa shape index (κ3) is 2.86. The third-order valence-electron chi connectivity index (χ3n) is 3.06. The maximum atomic E-state index is 11.0. The van der Waals surface area contributed by atoms with Gasteiger partial charge in [-0.05, 0) is 25.0 Å². The van der Waals surface area contributed by atoms with Gasteiger partial charge in [0.1, 0.15) is 5.75 Å². The van der Waals surface area contributed by atoms with Crippen molar-refractivity contribution in [3.8, 4) is 5.75 Å². The highest BCUT2D eigenvalue weighted by Gasteiger charge is 2.31. The van der Waals surface area contributed by atoms with E-state index in [1.54, 1.807) is 7.11 Å². The molecule has 0 heterocycles. The van der Waals surface area contributed by atoms with E-state index in [2.05, 4.69) is 15.9 Å². The summed E-state index contributed by atoms with van der Waals surface area (Å²) in [7, 11) is 1.62. The molecule has 0 aliphatic carbocycles.